The van der Waals surface area contributed by atoms with Gasteiger partial charge in [-0.2, -0.15) is 0 Å². The van der Waals surface area contributed by atoms with Gasteiger partial charge in [-0.05, 0) is 26.0 Å². The number of hydrogen-bond donors (Lipinski definition) is 1. The van der Waals surface area contributed by atoms with Gasteiger partial charge in [0.15, 0.2) is 0 Å². The molecule has 0 amide bonds. The van der Waals surface area contributed by atoms with Crippen LogP contribution >= 0.6 is 23.2 Å². The van der Waals surface area contributed by atoms with Crippen LogP contribution in [0.2, 0.25) is 10.0 Å². The topological polar surface area (TPSA) is 34.1 Å². The second-order valence-corrected chi connectivity index (χ2v) is 5.31. The van der Waals surface area contributed by atoms with Gasteiger partial charge in [0.25, 0.3) is 0 Å². The molecule has 0 saturated heterocycles. The fourth-order valence-corrected chi connectivity index (χ4v) is 2.62. The van der Waals surface area contributed by atoms with Gasteiger partial charge in [0.1, 0.15) is 5.75 Å². The molecule has 20 heavy (non-hydrogen) atoms. The minimum absolute atomic E-state index is 0.534. The average molecular weight is 311 g/mol. The van der Waals surface area contributed by atoms with Crippen LogP contribution in [0.15, 0.2) is 24.4 Å². The lowest BCUT2D eigenvalue weighted by Crippen LogP contribution is -2.06. The maximum atomic E-state index is 6.13. The Kier molecular flexibility index (Phi) is 4.73. The fraction of sp³-hybridized carbons (Fsp3) is 0.267. The van der Waals surface area contributed by atoms with Crippen molar-refractivity contribution in [1.82, 2.24) is 4.98 Å². The van der Waals surface area contributed by atoms with Crippen molar-refractivity contribution in [2.45, 2.75) is 20.4 Å². The summed E-state index contributed by atoms with van der Waals surface area (Å²) in [5.41, 5.74) is 3.66. The average Bonchev–Trinajstić information content (AvgIpc) is 2.41. The number of anilines is 1. The van der Waals surface area contributed by atoms with E-state index in [4.69, 9.17) is 27.9 Å². The maximum Gasteiger partial charge on any atom is 0.128 e. The molecule has 0 radical (unpaired) electrons. The Bertz CT molecular complexity index is 609. The number of rotatable bonds is 4. The first-order valence-electron chi connectivity index (χ1n) is 6.21. The predicted octanol–water partition coefficient (Wildman–Crippen LogP) is 4.63. The standard InChI is InChI=1S/C15H16Cl2N2O/c1-9-7-18-13(10(2)15(9)20-3)8-19-14-11(16)5-4-6-12(14)17/h4-7,19H,8H2,1-3H3. The zero-order valence-corrected chi connectivity index (χ0v) is 13.1. The molecule has 2 aromatic rings. The summed E-state index contributed by atoms with van der Waals surface area (Å²) in [7, 11) is 1.66. The van der Waals surface area contributed by atoms with Crippen molar-refractivity contribution in [3.63, 3.8) is 0 Å². The molecule has 0 aliphatic rings. The zero-order chi connectivity index (χ0) is 14.7. The Balaban J connectivity index is 2.24. The van der Waals surface area contributed by atoms with E-state index in [0.717, 1.165) is 28.3 Å². The van der Waals surface area contributed by atoms with E-state index in [9.17, 15) is 0 Å². The van der Waals surface area contributed by atoms with E-state index >= 15 is 0 Å². The summed E-state index contributed by atoms with van der Waals surface area (Å²) >= 11 is 12.3. The number of aryl methyl sites for hydroxylation is 1. The largest absolute Gasteiger partial charge is 0.496 e. The van der Waals surface area contributed by atoms with E-state index in [2.05, 4.69) is 10.3 Å². The molecule has 1 N–H and O–H groups in total. The number of ether oxygens (including phenoxy) is 1. The summed E-state index contributed by atoms with van der Waals surface area (Å²) in [6.45, 7) is 4.50. The number of benzene rings is 1. The van der Waals surface area contributed by atoms with Crippen LogP contribution in [0.1, 0.15) is 16.8 Å². The molecule has 1 aromatic carbocycles. The number of para-hydroxylation sites is 1. The van der Waals surface area contributed by atoms with Crippen molar-refractivity contribution in [3.8, 4) is 5.75 Å². The second-order valence-electron chi connectivity index (χ2n) is 4.50. The molecule has 0 spiro atoms. The molecule has 0 saturated carbocycles. The first kappa shape index (κ1) is 14.9. The molecular formula is C15H16Cl2N2O. The molecule has 0 bridgehead atoms. The first-order valence-corrected chi connectivity index (χ1v) is 6.97. The summed E-state index contributed by atoms with van der Waals surface area (Å²) in [5.74, 6) is 0.863. The summed E-state index contributed by atoms with van der Waals surface area (Å²) in [6.07, 6.45) is 1.80. The molecule has 0 aliphatic heterocycles. The Labute approximate surface area is 128 Å². The quantitative estimate of drug-likeness (QED) is 0.894. The second kappa shape index (κ2) is 6.33. The van der Waals surface area contributed by atoms with Gasteiger partial charge in [-0.15, -0.1) is 0 Å². The van der Waals surface area contributed by atoms with E-state index < -0.39 is 0 Å². The van der Waals surface area contributed by atoms with Crippen molar-refractivity contribution in [2.75, 3.05) is 12.4 Å². The fourth-order valence-electron chi connectivity index (χ4n) is 2.09. The first-order chi connectivity index (χ1) is 9.54. The number of nitrogens with one attached hydrogen (secondary N) is 1. The van der Waals surface area contributed by atoms with Gasteiger partial charge in [-0.25, -0.2) is 0 Å². The van der Waals surface area contributed by atoms with Crippen molar-refractivity contribution < 1.29 is 4.74 Å². The van der Waals surface area contributed by atoms with Crippen LogP contribution < -0.4 is 10.1 Å². The molecular weight excluding hydrogens is 295 g/mol. The molecule has 0 fully saturated rings. The highest BCUT2D eigenvalue weighted by Crippen LogP contribution is 2.31. The van der Waals surface area contributed by atoms with Crippen molar-refractivity contribution in [3.05, 3.63) is 51.3 Å². The summed E-state index contributed by atoms with van der Waals surface area (Å²) in [5, 5.41) is 4.41. The number of methoxy groups -OCH3 is 1. The molecule has 3 nitrogen and oxygen atoms in total. The Morgan fingerprint density at radius 1 is 1.20 bits per heavy atom. The highest BCUT2D eigenvalue weighted by atomic mass is 35.5. The number of hydrogen-bond acceptors (Lipinski definition) is 3. The third-order valence-corrected chi connectivity index (χ3v) is 3.78. The minimum Gasteiger partial charge on any atom is -0.496 e. The molecule has 5 heteroatoms. The van der Waals surface area contributed by atoms with Crippen LogP contribution in [0.5, 0.6) is 5.75 Å². The number of nitrogens with zero attached hydrogens (tertiary/aromatic N) is 1. The Morgan fingerprint density at radius 2 is 1.85 bits per heavy atom. The lowest BCUT2D eigenvalue weighted by atomic mass is 10.1. The number of halogens is 2. The van der Waals surface area contributed by atoms with Gasteiger partial charge < -0.3 is 10.1 Å². The predicted molar refractivity (Wildman–Crippen MR) is 84.1 cm³/mol. The third-order valence-electron chi connectivity index (χ3n) is 3.15. The van der Waals surface area contributed by atoms with E-state index in [-0.39, 0.29) is 0 Å². The van der Waals surface area contributed by atoms with Gasteiger partial charge in [0.05, 0.1) is 35.1 Å². The van der Waals surface area contributed by atoms with Gasteiger partial charge in [0.2, 0.25) is 0 Å². The van der Waals surface area contributed by atoms with Crippen LogP contribution in [0, 0.1) is 13.8 Å². The van der Waals surface area contributed by atoms with Crippen LogP contribution in [-0.2, 0) is 6.54 Å². The van der Waals surface area contributed by atoms with Crippen LogP contribution in [-0.4, -0.2) is 12.1 Å². The van der Waals surface area contributed by atoms with Crippen molar-refractivity contribution in [2.24, 2.45) is 0 Å². The molecule has 0 atom stereocenters. The molecule has 1 aromatic heterocycles. The van der Waals surface area contributed by atoms with Gasteiger partial charge >= 0.3 is 0 Å². The lowest BCUT2D eigenvalue weighted by Gasteiger charge is -2.14. The van der Waals surface area contributed by atoms with Gasteiger partial charge in [-0.1, -0.05) is 29.3 Å². The molecule has 106 valence electrons. The number of pyridine rings is 1. The normalized spacial score (nSPS) is 10.4. The maximum absolute atomic E-state index is 6.13. The van der Waals surface area contributed by atoms with Crippen molar-refractivity contribution in [1.29, 1.82) is 0 Å². The third kappa shape index (κ3) is 3.00. The van der Waals surface area contributed by atoms with E-state index in [1.54, 1.807) is 25.4 Å². The van der Waals surface area contributed by atoms with Crippen LogP contribution in [0.4, 0.5) is 5.69 Å². The molecule has 0 aliphatic carbocycles. The van der Waals surface area contributed by atoms with Gasteiger partial charge in [0, 0.05) is 17.3 Å². The monoisotopic (exact) mass is 310 g/mol. The molecule has 1 heterocycles. The minimum atomic E-state index is 0.534. The highest BCUT2D eigenvalue weighted by molar-refractivity contribution is 6.39. The summed E-state index contributed by atoms with van der Waals surface area (Å²) in [6, 6.07) is 5.41. The Morgan fingerprint density at radius 3 is 2.45 bits per heavy atom. The van der Waals surface area contributed by atoms with E-state index in [0.29, 0.717) is 16.6 Å². The van der Waals surface area contributed by atoms with Crippen molar-refractivity contribution >= 4 is 28.9 Å². The van der Waals surface area contributed by atoms with Gasteiger partial charge in [-0.3, -0.25) is 4.98 Å². The van der Waals surface area contributed by atoms with Crippen LogP contribution in [0.3, 0.4) is 0 Å². The lowest BCUT2D eigenvalue weighted by molar-refractivity contribution is 0.407. The number of aromatic nitrogens is 1. The Hall–Kier alpha value is -1.45. The van der Waals surface area contributed by atoms with E-state index in [1.165, 1.54) is 0 Å². The SMILES string of the molecule is COc1c(C)cnc(CNc2c(Cl)cccc2Cl)c1C. The molecule has 2 rings (SSSR count). The van der Waals surface area contributed by atoms with Crippen LogP contribution in [0.25, 0.3) is 0 Å². The summed E-state index contributed by atoms with van der Waals surface area (Å²) in [4.78, 5) is 4.43. The zero-order valence-electron chi connectivity index (χ0n) is 11.6. The van der Waals surface area contributed by atoms with E-state index in [1.807, 2.05) is 19.9 Å². The summed E-state index contributed by atoms with van der Waals surface area (Å²) < 4.78 is 5.40. The smallest absolute Gasteiger partial charge is 0.128 e. The highest BCUT2D eigenvalue weighted by Gasteiger charge is 2.11. The molecule has 0 unspecified atom stereocenters.